The van der Waals surface area contributed by atoms with Gasteiger partial charge in [0, 0.05) is 38.0 Å². The number of rotatable bonds is 12. The Labute approximate surface area is 265 Å². The average Bonchev–Trinajstić information content (AvgIpc) is 3.00. The Hall–Kier alpha value is -4.21. The van der Waals surface area contributed by atoms with Crippen LogP contribution in [0.5, 0.6) is 5.75 Å². The van der Waals surface area contributed by atoms with E-state index < -0.39 is 5.97 Å². The van der Waals surface area contributed by atoms with Gasteiger partial charge < -0.3 is 30.0 Å². The molecule has 3 N–H and O–H groups in total. The fourth-order valence-electron chi connectivity index (χ4n) is 6.31. The van der Waals surface area contributed by atoms with Crippen LogP contribution in [0.25, 0.3) is 11.3 Å². The van der Waals surface area contributed by atoms with Crippen LogP contribution in [0.15, 0.2) is 66.1 Å². The van der Waals surface area contributed by atoms with Gasteiger partial charge in [-0.15, -0.1) is 0 Å². The molecule has 0 radical (unpaired) electrons. The zero-order valence-corrected chi connectivity index (χ0v) is 26.7. The van der Waals surface area contributed by atoms with E-state index in [2.05, 4.69) is 42.3 Å². The Balaban J connectivity index is 1.28. The van der Waals surface area contributed by atoms with Crippen LogP contribution in [0.2, 0.25) is 0 Å². The number of fused-ring (bicyclic) bond motifs is 1. The number of anilines is 1. The maximum absolute atomic E-state index is 11.6. The van der Waals surface area contributed by atoms with Gasteiger partial charge in [-0.3, -0.25) is 4.90 Å². The van der Waals surface area contributed by atoms with Crippen LogP contribution in [0.1, 0.15) is 55.9 Å². The smallest absolute Gasteiger partial charge is 0.342 e. The molecule has 2 aliphatic rings. The summed E-state index contributed by atoms with van der Waals surface area (Å²) in [6.45, 7) is 12.9. The first-order chi connectivity index (χ1) is 21.7. The number of carbonyl (C=O) groups is 1. The van der Waals surface area contributed by atoms with E-state index in [9.17, 15) is 9.90 Å². The largest absolute Gasteiger partial charge is 0.488 e. The van der Waals surface area contributed by atoms with Crippen molar-refractivity contribution in [3.63, 3.8) is 0 Å². The molecule has 3 aromatic rings. The maximum Gasteiger partial charge on any atom is 0.342 e. The number of carboxylic acids is 1. The van der Waals surface area contributed by atoms with Gasteiger partial charge in [0.15, 0.2) is 0 Å². The van der Waals surface area contributed by atoms with Gasteiger partial charge in [-0.1, -0.05) is 36.4 Å². The Morgan fingerprint density at radius 2 is 2.02 bits per heavy atom. The third kappa shape index (κ3) is 8.09. The van der Waals surface area contributed by atoms with Gasteiger partial charge >= 0.3 is 5.97 Å². The number of hydrogen-bond acceptors (Lipinski definition) is 8. The van der Waals surface area contributed by atoms with Crippen LogP contribution >= 0.6 is 0 Å². The van der Waals surface area contributed by atoms with Crippen LogP contribution in [0.4, 0.5) is 5.82 Å². The van der Waals surface area contributed by atoms with Crippen LogP contribution in [0, 0.1) is 18.3 Å². The fraction of sp³-hybridized carbons (Fsp3) is 0.417. The third-order valence-corrected chi connectivity index (χ3v) is 8.45. The van der Waals surface area contributed by atoms with Crippen molar-refractivity contribution in [3.05, 3.63) is 88.3 Å². The zero-order valence-electron chi connectivity index (χ0n) is 26.7. The van der Waals surface area contributed by atoms with Crippen molar-refractivity contribution >= 4 is 18.0 Å². The molecule has 1 saturated heterocycles. The van der Waals surface area contributed by atoms with Crippen molar-refractivity contribution < 1.29 is 24.1 Å². The van der Waals surface area contributed by atoms with Crippen molar-refractivity contribution in [1.82, 2.24) is 9.88 Å². The highest BCUT2D eigenvalue weighted by Gasteiger charge is 2.30. The molecule has 2 aromatic carbocycles. The molecule has 238 valence electrons. The number of aromatic nitrogens is 1. The molecule has 0 saturated carbocycles. The molecular formula is C36H44N4O5. The molecule has 9 heteroatoms. The number of hydrogen-bond donors (Lipinski definition) is 3. The van der Waals surface area contributed by atoms with E-state index in [4.69, 9.17) is 24.6 Å². The number of benzene rings is 2. The first kappa shape index (κ1) is 32.2. The van der Waals surface area contributed by atoms with Gasteiger partial charge in [0.1, 0.15) is 23.7 Å². The van der Waals surface area contributed by atoms with E-state index in [1.807, 2.05) is 37.3 Å². The first-order valence-corrected chi connectivity index (χ1v) is 15.7. The first-order valence-electron chi connectivity index (χ1n) is 15.7. The summed E-state index contributed by atoms with van der Waals surface area (Å²) in [7, 11) is 0. The SMILES string of the molecule is CCO/C(Nc1cccc(-c2cccc(C)c2OCc2ccc3c(c2)CCN(CC2CCOC(C)(C)C2)C3)n1)=C(/C=N)C(=O)O. The molecule has 0 amide bonds. The second kappa shape index (κ2) is 14.3. The number of nitrogens with one attached hydrogen (secondary N) is 2. The summed E-state index contributed by atoms with van der Waals surface area (Å²) >= 11 is 0. The Morgan fingerprint density at radius 1 is 1.20 bits per heavy atom. The second-order valence-electron chi connectivity index (χ2n) is 12.5. The zero-order chi connectivity index (χ0) is 32.0. The molecule has 3 heterocycles. The Kier molecular flexibility index (Phi) is 10.2. The number of nitrogens with zero attached hydrogens (tertiary/aromatic N) is 2. The molecule has 1 aromatic heterocycles. The van der Waals surface area contributed by atoms with Crippen LogP contribution in [-0.2, 0) is 33.8 Å². The van der Waals surface area contributed by atoms with Gasteiger partial charge in [-0.25, -0.2) is 9.78 Å². The molecular weight excluding hydrogens is 568 g/mol. The molecule has 9 nitrogen and oxygen atoms in total. The van der Waals surface area contributed by atoms with E-state index >= 15 is 0 Å². The summed E-state index contributed by atoms with van der Waals surface area (Å²) in [5.41, 5.74) is 6.11. The van der Waals surface area contributed by atoms with E-state index in [-0.39, 0.29) is 23.7 Å². The topological polar surface area (TPSA) is 117 Å². The predicted octanol–water partition coefficient (Wildman–Crippen LogP) is 6.59. The number of aliphatic carboxylic acids is 1. The van der Waals surface area contributed by atoms with E-state index in [1.165, 1.54) is 11.1 Å². The minimum atomic E-state index is -1.26. The quantitative estimate of drug-likeness (QED) is 0.119. The standard InChI is InChI=1S/C36H44N4O5/c1-5-43-34(30(20-37)35(41)42)39-32-11-7-10-31(38-32)29-9-6-8-24(2)33(29)44-23-25-12-13-28-22-40(16-14-27(28)18-25)21-26-15-17-45-36(3,4)19-26/h6-13,18,20,26,37H,5,14-17,19,21-23H2,1-4H3,(H,38,39)(H,41,42)/b34-30-,37-20?. The van der Waals surface area contributed by atoms with Gasteiger partial charge in [0.25, 0.3) is 0 Å². The van der Waals surface area contributed by atoms with Crippen LogP contribution in [0.3, 0.4) is 0 Å². The van der Waals surface area contributed by atoms with E-state index in [0.717, 1.165) is 74.2 Å². The minimum Gasteiger partial charge on any atom is -0.488 e. The lowest BCUT2D eigenvalue weighted by Crippen LogP contribution is -2.41. The maximum atomic E-state index is 11.6. The van der Waals surface area contributed by atoms with Crippen molar-refractivity contribution in [2.45, 2.75) is 65.7 Å². The number of para-hydroxylation sites is 1. The molecule has 5 rings (SSSR count). The molecule has 2 aliphatic heterocycles. The lowest BCUT2D eigenvalue weighted by Gasteiger charge is -2.39. The number of aryl methyl sites for hydroxylation is 1. The average molecular weight is 613 g/mol. The summed E-state index contributed by atoms with van der Waals surface area (Å²) in [5, 5.41) is 19.9. The predicted molar refractivity (Wildman–Crippen MR) is 176 cm³/mol. The molecule has 45 heavy (non-hydrogen) atoms. The summed E-state index contributed by atoms with van der Waals surface area (Å²) in [5.74, 6) is 0.535. The lowest BCUT2D eigenvalue weighted by molar-refractivity contribution is -0.132. The van der Waals surface area contributed by atoms with Crippen molar-refractivity contribution in [2.75, 3.05) is 31.6 Å². The Morgan fingerprint density at radius 3 is 2.78 bits per heavy atom. The second-order valence-corrected chi connectivity index (χ2v) is 12.5. The van der Waals surface area contributed by atoms with Crippen LogP contribution in [-0.4, -0.2) is 59.1 Å². The Bertz CT molecular complexity index is 1570. The fourth-order valence-corrected chi connectivity index (χ4v) is 6.31. The highest BCUT2D eigenvalue weighted by molar-refractivity contribution is 6.08. The van der Waals surface area contributed by atoms with Crippen molar-refractivity contribution in [3.8, 4) is 17.0 Å². The summed E-state index contributed by atoms with van der Waals surface area (Å²) in [6, 6.07) is 18.1. The molecule has 1 unspecified atom stereocenters. The summed E-state index contributed by atoms with van der Waals surface area (Å²) in [4.78, 5) is 18.9. The molecule has 0 spiro atoms. The van der Waals surface area contributed by atoms with E-state index in [0.29, 0.717) is 24.0 Å². The van der Waals surface area contributed by atoms with Gasteiger partial charge in [0.05, 0.1) is 17.9 Å². The summed E-state index contributed by atoms with van der Waals surface area (Å²) < 4.78 is 17.9. The molecule has 0 bridgehead atoms. The third-order valence-electron chi connectivity index (χ3n) is 8.45. The highest BCUT2D eigenvalue weighted by atomic mass is 16.5. The lowest BCUT2D eigenvalue weighted by atomic mass is 9.87. The number of ether oxygens (including phenoxy) is 3. The molecule has 1 fully saturated rings. The van der Waals surface area contributed by atoms with Crippen molar-refractivity contribution in [2.24, 2.45) is 5.92 Å². The number of pyridine rings is 1. The normalized spacial score (nSPS) is 18.4. The highest BCUT2D eigenvalue weighted by Crippen LogP contribution is 2.34. The minimum absolute atomic E-state index is 0.0179. The summed E-state index contributed by atoms with van der Waals surface area (Å²) in [6.07, 6.45) is 4.05. The molecule has 1 atom stereocenters. The van der Waals surface area contributed by atoms with Gasteiger partial charge in [0.2, 0.25) is 5.88 Å². The van der Waals surface area contributed by atoms with E-state index in [1.54, 1.807) is 13.0 Å². The molecule has 0 aliphatic carbocycles. The monoisotopic (exact) mass is 612 g/mol. The van der Waals surface area contributed by atoms with Crippen molar-refractivity contribution in [1.29, 1.82) is 5.41 Å². The van der Waals surface area contributed by atoms with Crippen LogP contribution < -0.4 is 10.1 Å². The van der Waals surface area contributed by atoms with Gasteiger partial charge in [-0.05, 0) is 93.3 Å². The van der Waals surface area contributed by atoms with Gasteiger partial charge in [-0.2, -0.15) is 0 Å². The number of carboxylic acid groups (broad SMARTS) is 1.